The second-order valence-electron chi connectivity index (χ2n) is 7.56. The Morgan fingerprint density at radius 1 is 0.643 bits per heavy atom. The second kappa shape index (κ2) is 24.4. The van der Waals surface area contributed by atoms with Crippen molar-refractivity contribution in [1.82, 2.24) is 5.32 Å². The van der Waals surface area contributed by atoms with Crippen molar-refractivity contribution < 1.29 is 19.0 Å². The molecule has 1 N–H and O–H groups in total. The van der Waals surface area contributed by atoms with Gasteiger partial charge in [-0.25, -0.2) is 0 Å². The van der Waals surface area contributed by atoms with Crippen LogP contribution < -0.4 is 5.32 Å². The van der Waals surface area contributed by atoms with Gasteiger partial charge < -0.3 is 19.5 Å². The normalized spacial score (nSPS) is 11.1. The van der Waals surface area contributed by atoms with Crippen LogP contribution in [0.4, 0.5) is 0 Å². The summed E-state index contributed by atoms with van der Waals surface area (Å²) in [6.07, 6.45) is 17.5. The van der Waals surface area contributed by atoms with E-state index >= 15 is 0 Å². The third-order valence-corrected chi connectivity index (χ3v) is 4.84. The standard InChI is InChI=1S/C23H47NO4/c1-3-4-5-6-7-8-9-10-11-12-13-14-18-27-20-16-23(25)24-17-15-19-28-22-21-26-2/h3-22H2,1-2H3,(H,24,25). The van der Waals surface area contributed by atoms with Gasteiger partial charge in [0.15, 0.2) is 0 Å². The number of rotatable bonds is 23. The molecule has 5 heteroatoms. The minimum absolute atomic E-state index is 0.0617. The fourth-order valence-corrected chi connectivity index (χ4v) is 3.05. The molecule has 168 valence electrons. The summed E-state index contributed by atoms with van der Waals surface area (Å²) in [6, 6.07) is 0. The molecule has 0 fully saturated rings. The Balaban J connectivity index is 3.11. The zero-order chi connectivity index (χ0) is 20.5. The van der Waals surface area contributed by atoms with Crippen LogP contribution in [0.3, 0.4) is 0 Å². The van der Waals surface area contributed by atoms with Gasteiger partial charge in [0.25, 0.3) is 0 Å². The topological polar surface area (TPSA) is 56.8 Å². The number of nitrogens with one attached hydrogen (secondary N) is 1. The van der Waals surface area contributed by atoms with Crippen molar-refractivity contribution in [3.05, 3.63) is 0 Å². The van der Waals surface area contributed by atoms with Gasteiger partial charge in [-0.15, -0.1) is 0 Å². The molecule has 0 unspecified atom stereocenters. The van der Waals surface area contributed by atoms with Crippen LogP contribution in [0, 0.1) is 0 Å². The molecular weight excluding hydrogens is 354 g/mol. The van der Waals surface area contributed by atoms with E-state index in [0.717, 1.165) is 19.4 Å². The van der Waals surface area contributed by atoms with E-state index in [1.807, 2.05) is 0 Å². The molecule has 0 aliphatic rings. The molecule has 0 aromatic rings. The minimum Gasteiger partial charge on any atom is -0.382 e. The molecule has 0 aromatic heterocycles. The third kappa shape index (κ3) is 23.4. The smallest absolute Gasteiger partial charge is 0.222 e. The highest BCUT2D eigenvalue weighted by atomic mass is 16.5. The quantitative estimate of drug-likeness (QED) is 0.237. The molecule has 0 spiro atoms. The monoisotopic (exact) mass is 401 g/mol. The number of methoxy groups -OCH3 is 1. The number of hydrogen-bond donors (Lipinski definition) is 1. The van der Waals surface area contributed by atoms with Crippen molar-refractivity contribution in [2.75, 3.05) is 46.7 Å². The van der Waals surface area contributed by atoms with Gasteiger partial charge in [-0.05, 0) is 12.8 Å². The summed E-state index contributed by atoms with van der Waals surface area (Å²) in [5.41, 5.74) is 0. The summed E-state index contributed by atoms with van der Waals surface area (Å²) in [5, 5.41) is 2.89. The van der Waals surface area contributed by atoms with Gasteiger partial charge in [-0.2, -0.15) is 0 Å². The fraction of sp³-hybridized carbons (Fsp3) is 0.957. The average Bonchev–Trinajstić information content (AvgIpc) is 2.70. The Morgan fingerprint density at radius 2 is 1.18 bits per heavy atom. The van der Waals surface area contributed by atoms with Gasteiger partial charge in [0.2, 0.25) is 5.91 Å². The van der Waals surface area contributed by atoms with Crippen molar-refractivity contribution in [2.45, 2.75) is 96.8 Å². The van der Waals surface area contributed by atoms with E-state index < -0.39 is 0 Å². The molecule has 0 rings (SSSR count). The van der Waals surface area contributed by atoms with E-state index in [4.69, 9.17) is 14.2 Å². The molecule has 0 aliphatic heterocycles. The van der Waals surface area contributed by atoms with Crippen molar-refractivity contribution >= 4 is 5.91 Å². The maximum Gasteiger partial charge on any atom is 0.222 e. The van der Waals surface area contributed by atoms with Crippen LogP contribution in [0.5, 0.6) is 0 Å². The lowest BCUT2D eigenvalue weighted by molar-refractivity contribution is -0.122. The van der Waals surface area contributed by atoms with Crippen LogP contribution in [-0.4, -0.2) is 52.6 Å². The largest absolute Gasteiger partial charge is 0.382 e. The van der Waals surface area contributed by atoms with E-state index in [1.54, 1.807) is 7.11 Å². The second-order valence-corrected chi connectivity index (χ2v) is 7.56. The van der Waals surface area contributed by atoms with Gasteiger partial charge in [0.05, 0.1) is 19.8 Å². The fourth-order valence-electron chi connectivity index (χ4n) is 3.05. The summed E-state index contributed by atoms with van der Waals surface area (Å²) < 4.78 is 15.8. The van der Waals surface area contributed by atoms with Crippen LogP contribution >= 0.6 is 0 Å². The SMILES string of the molecule is CCCCCCCCCCCCCCOCCC(=O)NCCCOCCOC. The zero-order valence-corrected chi connectivity index (χ0v) is 18.8. The number of amides is 1. The lowest BCUT2D eigenvalue weighted by Gasteiger charge is -2.07. The molecule has 0 saturated carbocycles. The Hall–Kier alpha value is -0.650. The molecule has 5 nitrogen and oxygen atoms in total. The number of ether oxygens (including phenoxy) is 3. The zero-order valence-electron chi connectivity index (χ0n) is 18.8. The molecule has 0 aliphatic carbocycles. The summed E-state index contributed by atoms with van der Waals surface area (Å²) in [4.78, 5) is 11.7. The van der Waals surface area contributed by atoms with Crippen LogP contribution in [0.15, 0.2) is 0 Å². The first-order chi connectivity index (χ1) is 13.8. The Bertz CT molecular complexity index is 313. The van der Waals surface area contributed by atoms with Crippen LogP contribution in [-0.2, 0) is 19.0 Å². The van der Waals surface area contributed by atoms with E-state index in [2.05, 4.69) is 12.2 Å². The van der Waals surface area contributed by atoms with Crippen molar-refractivity contribution in [1.29, 1.82) is 0 Å². The summed E-state index contributed by atoms with van der Waals surface area (Å²) >= 11 is 0. The molecule has 0 radical (unpaired) electrons. The Morgan fingerprint density at radius 3 is 1.79 bits per heavy atom. The summed E-state index contributed by atoms with van der Waals surface area (Å²) in [7, 11) is 1.66. The van der Waals surface area contributed by atoms with Gasteiger partial charge in [-0.1, -0.05) is 77.6 Å². The number of hydrogen-bond acceptors (Lipinski definition) is 4. The van der Waals surface area contributed by atoms with Gasteiger partial charge in [0.1, 0.15) is 0 Å². The molecule has 0 heterocycles. The molecule has 0 atom stereocenters. The highest BCUT2D eigenvalue weighted by Gasteiger charge is 2.00. The van der Waals surface area contributed by atoms with Crippen molar-refractivity contribution in [3.8, 4) is 0 Å². The first kappa shape index (κ1) is 27.4. The molecule has 0 saturated heterocycles. The minimum atomic E-state index is 0.0617. The number of carbonyl (C=O) groups is 1. The molecular formula is C23H47NO4. The summed E-state index contributed by atoms with van der Waals surface area (Å²) in [5.74, 6) is 0.0617. The maximum atomic E-state index is 11.7. The number of carbonyl (C=O) groups excluding carboxylic acids is 1. The van der Waals surface area contributed by atoms with E-state index in [1.165, 1.54) is 70.6 Å². The van der Waals surface area contributed by atoms with Crippen molar-refractivity contribution in [3.63, 3.8) is 0 Å². The van der Waals surface area contributed by atoms with Gasteiger partial charge in [-0.3, -0.25) is 4.79 Å². The van der Waals surface area contributed by atoms with Crippen molar-refractivity contribution in [2.24, 2.45) is 0 Å². The van der Waals surface area contributed by atoms with Crippen LogP contribution in [0.2, 0.25) is 0 Å². The molecule has 1 amide bonds. The summed E-state index contributed by atoms with van der Waals surface area (Å²) in [6.45, 7) is 6.10. The van der Waals surface area contributed by atoms with Crippen LogP contribution in [0.1, 0.15) is 96.8 Å². The highest BCUT2D eigenvalue weighted by molar-refractivity contribution is 5.75. The molecule has 0 bridgehead atoms. The molecule has 28 heavy (non-hydrogen) atoms. The van der Waals surface area contributed by atoms with Crippen LogP contribution in [0.25, 0.3) is 0 Å². The van der Waals surface area contributed by atoms with E-state index in [-0.39, 0.29) is 5.91 Å². The first-order valence-corrected chi connectivity index (χ1v) is 11.7. The Labute approximate surface area is 174 Å². The third-order valence-electron chi connectivity index (χ3n) is 4.84. The predicted octanol–water partition coefficient (Wildman–Crippen LogP) is 5.26. The maximum absolute atomic E-state index is 11.7. The number of unbranched alkanes of at least 4 members (excludes halogenated alkanes) is 11. The average molecular weight is 402 g/mol. The predicted molar refractivity (Wildman–Crippen MR) is 117 cm³/mol. The lowest BCUT2D eigenvalue weighted by atomic mass is 10.1. The van der Waals surface area contributed by atoms with E-state index in [0.29, 0.717) is 39.4 Å². The Kier molecular flexibility index (Phi) is 23.8. The van der Waals surface area contributed by atoms with Gasteiger partial charge in [0, 0.05) is 33.3 Å². The highest BCUT2D eigenvalue weighted by Crippen LogP contribution is 2.11. The van der Waals surface area contributed by atoms with E-state index in [9.17, 15) is 4.79 Å². The molecule has 0 aromatic carbocycles. The first-order valence-electron chi connectivity index (χ1n) is 11.7. The van der Waals surface area contributed by atoms with Gasteiger partial charge >= 0.3 is 0 Å². The lowest BCUT2D eigenvalue weighted by Crippen LogP contribution is -2.26.